The molecule has 3 rings (SSSR count). The molecule has 0 aliphatic carbocycles. The van der Waals surface area contributed by atoms with Gasteiger partial charge in [-0.1, -0.05) is 18.2 Å². The van der Waals surface area contributed by atoms with E-state index in [4.69, 9.17) is 0 Å². The highest BCUT2D eigenvalue weighted by molar-refractivity contribution is 7.13. The predicted octanol–water partition coefficient (Wildman–Crippen LogP) is 3.21. The maximum absolute atomic E-state index is 4.60. The summed E-state index contributed by atoms with van der Waals surface area (Å²) in [6, 6.07) is 12.6. The van der Waals surface area contributed by atoms with Crippen molar-refractivity contribution < 1.29 is 0 Å². The highest BCUT2D eigenvalue weighted by atomic mass is 32.1. The number of nitrogens with zero attached hydrogens (tertiary/aromatic N) is 4. The number of nitrogens with one attached hydrogen (secondary N) is 1. The molecule has 0 amide bonds. The molecule has 2 heterocycles. The third-order valence-electron chi connectivity index (χ3n) is 3.88. The highest BCUT2D eigenvalue weighted by Gasteiger charge is 2.10. The molecule has 6 heteroatoms. The van der Waals surface area contributed by atoms with E-state index in [9.17, 15) is 0 Å². The summed E-state index contributed by atoms with van der Waals surface area (Å²) in [5.41, 5.74) is 2.25. The Hall–Kier alpha value is -2.31. The first-order valence-corrected chi connectivity index (χ1v) is 8.82. The zero-order chi connectivity index (χ0) is 16.8. The van der Waals surface area contributed by atoms with Crippen molar-refractivity contribution in [3.63, 3.8) is 0 Å². The van der Waals surface area contributed by atoms with Crippen LogP contribution in [0.25, 0.3) is 10.8 Å². The van der Waals surface area contributed by atoms with Gasteiger partial charge >= 0.3 is 0 Å². The third-order valence-corrected chi connectivity index (χ3v) is 4.77. The first kappa shape index (κ1) is 16.5. The van der Waals surface area contributed by atoms with Crippen molar-refractivity contribution in [2.24, 2.45) is 0 Å². The number of aromatic nitrogens is 3. The molecule has 1 N–H and O–H groups in total. The molecule has 1 aromatic carbocycles. The molecule has 0 spiro atoms. The lowest BCUT2D eigenvalue weighted by atomic mass is 10.2. The first-order chi connectivity index (χ1) is 11.7. The van der Waals surface area contributed by atoms with Gasteiger partial charge in [-0.15, -0.1) is 11.3 Å². The second-order valence-corrected chi connectivity index (χ2v) is 6.50. The molecule has 0 bridgehead atoms. The zero-order valence-electron chi connectivity index (χ0n) is 13.9. The van der Waals surface area contributed by atoms with Gasteiger partial charge < -0.3 is 10.2 Å². The quantitative estimate of drug-likeness (QED) is 0.716. The minimum absolute atomic E-state index is 0.392. The lowest BCUT2D eigenvalue weighted by Gasteiger charge is -2.27. The fraction of sp³-hybridized carbons (Fsp3) is 0.278. The van der Waals surface area contributed by atoms with Gasteiger partial charge in [0.1, 0.15) is 0 Å². The van der Waals surface area contributed by atoms with E-state index in [0.717, 1.165) is 23.8 Å². The van der Waals surface area contributed by atoms with Crippen molar-refractivity contribution in [1.29, 1.82) is 0 Å². The Labute approximate surface area is 146 Å². The Balaban J connectivity index is 1.51. The third kappa shape index (κ3) is 4.15. The lowest BCUT2D eigenvalue weighted by Crippen LogP contribution is -2.37. The van der Waals surface area contributed by atoms with Crippen molar-refractivity contribution in [2.45, 2.75) is 19.5 Å². The Morgan fingerprint density at radius 2 is 1.88 bits per heavy atom. The van der Waals surface area contributed by atoms with Crippen LogP contribution in [0, 0.1) is 0 Å². The van der Waals surface area contributed by atoms with Crippen molar-refractivity contribution in [1.82, 2.24) is 20.3 Å². The average molecular weight is 339 g/mol. The fourth-order valence-corrected chi connectivity index (χ4v) is 3.13. The van der Waals surface area contributed by atoms with Gasteiger partial charge in [0.25, 0.3) is 0 Å². The molecule has 0 aliphatic rings. The van der Waals surface area contributed by atoms with E-state index < -0.39 is 0 Å². The van der Waals surface area contributed by atoms with Crippen molar-refractivity contribution >= 4 is 17.0 Å². The summed E-state index contributed by atoms with van der Waals surface area (Å²) in [6.07, 6.45) is 3.48. The highest BCUT2D eigenvalue weighted by Crippen LogP contribution is 2.19. The average Bonchev–Trinajstić information content (AvgIpc) is 3.11. The maximum atomic E-state index is 4.60. The number of benzene rings is 1. The minimum Gasteiger partial charge on any atom is -0.371 e. The van der Waals surface area contributed by atoms with E-state index in [1.807, 2.05) is 12.1 Å². The molecule has 24 heavy (non-hydrogen) atoms. The van der Waals surface area contributed by atoms with Crippen molar-refractivity contribution in [3.05, 3.63) is 59.9 Å². The summed E-state index contributed by atoms with van der Waals surface area (Å²) in [6.45, 7) is 3.85. The molecular formula is C18H21N5S. The summed E-state index contributed by atoms with van der Waals surface area (Å²) in [7, 11) is 2.12. The van der Waals surface area contributed by atoms with Crippen LogP contribution in [0.15, 0.2) is 54.2 Å². The first-order valence-electron chi connectivity index (χ1n) is 7.94. The van der Waals surface area contributed by atoms with Crippen LogP contribution in [0.3, 0.4) is 0 Å². The van der Waals surface area contributed by atoms with Crippen LogP contribution in [-0.2, 0) is 6.54 Å². The molecule has 1 atom stereocenters. The van der Waals surface area contributed by atoms with Crippen molar-refractivity contribution in [3.8, 4) is 10.8 Å². The molecule has 0 radical (unpaired) electrons. The molecule has 0 fully saturated rings. The minimum atomic E-state index is 0.392. The Kier molecular flexibility index (Phi) is 5.51. The van der Waals surface area contributed by atoms with Crippen LogP contribution >= 0.6 is 11.3 Å². The smallest absolute Gasteiger partial charge is 0.188 e. The number of thiazole rings is 1. The van der Waals surface area contributed by atoms with Gasteiger partial charge in [0, 0.05) is 49.6 Å². The summed E-state index contributed by atoms with van der Waals surface area (Å²) in [5, 5.41) is 6.40. The Bertz CT molecular complexity index is 744. The molecule has 2 aromatic heterocycles. The fourth-order valence-electron chi connectivity index (χ4n) is 2.36. The summed E-state index contributed by atoms with van der Waals surface area (Å²) in [4.78, 5) is 15.3. The number of rotatable bonds is 7. The van der Waals surface area contributed by atoms with Gasteiger partial charge in [0.2, 0.25) is 0 Å². The van der Waals surface area contributed by atoms with E-state index in [1.165, 1.54) is 5.69 Å². The number of hydrogen-bond acceptors (Lipinski definition) is 6. The second-order valence-electron chi connectivity index (χ2n) is 5.64. The van der Waals surface area contributed by atoms with E-state index in [0.29, 0.717) is 11.9 Å². The van der Waals surface area contributed by atoms with Crippen LogP contribution in [-0.4, -0.2) is 34.6 Å². The predicted molar refractivity (Wildman–Crippen MR) is 99.2 cm³/mol. The molecule has 5 nitrogen and oxygen atoms in total. The Morgan fingerprint density at radius 1 is 1.12 bits per heavy atom. The van der Waals surface area contributed by atoms with Crippen LogP contribution in [0.2, 0.25) is 0 Å². The number of para-hydroxylation sites is 1. The summed E-state index contributed by atoms with van der Waals surface area (Å²) in [5.74, 6) is 0.686. The summed E-state index contributed by atoms with van der Waals surface area (Å²) < 4.78 is 0. The normalized spacial score (nSPS) is 12.1. The van der Waals surface area contributed by atoms with Crippen LogP contribution in [0.5, 0.6) is 0 Å². The van der Waals surface area contributed by atoms with Crippen LogP contribution in [0.4, 0.5) is 5.69 Å². The largest absolute Gasteiger partial charge is 0.371 e. The molecule has 0 saturated heterocycles. The van der Waals surface area contributed by atoms with E-state index >= 15 is 0 Å². The molecule has 0 aliphatic heterocycles. The molecule has 3 aromatic rings. The number of likely N-dealkylation sites (N-methyl/N-ethyl adjacent to an activating group) is 1. The van der Waals surface area contributed by atoms with Gasteiger partial charge in [-0.3, -0.25) is 0 Å². The molecule has 124 valence electrons. The molecular weight excluding hydrogens is 318 g/mol. The maximum Gasteiger partial charge on any atom is 0.188 e. The van der Waals surface area contributed by atoms with Gasteiger partial charge in [0.15, 0.2) is 10.8 Å². The SMILES string of the molecule is CC(CNCc1csc(-c2ncccn2)n1)N(C)c1ccccc1. The Morgan fingerprint density at radius 3 is 2.62 bits per heavy atom. The zero-order valence-corrected chi connectivity index (χ0v) is 14.7. The van der Waals surface area contributed by atoms with Crippen LogP contribution < -0.4 is 10.2 Å². The van der Waals surface area contributed by atoms with Gasteiger partial charge in [-0.25, -0.2) is 15.0 Å². The van der Waals surface area contributed by atoms with Crippen molar-refractivity contribution in [2.75, 3.05) is 18.5 Å². The van der Waals surface area contributed by atoms with Gasteiger partial charge in [-0.2, -0.15) is 0 Å². The monoisotopic (exact) mass is 339 g/mol. The standard InChI is InChI=1S/C18H21N5S/c1-14(23(2)16-7-4-3-5-8-16)11-19-12-15-13-24-18(22-15)17-20-9-6-10-21-17/h3-10,13-14,19H,11-12H2,1-2H3. The van der Waals surface area contributed by atoms with E-state index in [1.54, 1.807) is 23.7 Å². The van der Waals surface area contributed by atoms with Gasteiger partial charge in [-0.05, 0) is 25.1 Å². The topological polar surface area (TPSA) is 53.9 Å². The second kappa shape index (κ2) is 7.99. The van der Waals surface area contributed by atoms with E-state index in [2.05, 4.69) is 68.8 Å². The van der Waals surface area contributed by atoms with Crippen LogP contribution in [0.1, 0.15) is 12.6 Å². The summed E-state index contributed by atoms with van der Waals surface area (Å²) >= 11 is 1.58. The van der Waals surface area contributed by atoms with E-state index in [-0.39, 0.29) is 0 Å². The number of anilines is 1. The molecule has 1 unspecified atom stereocenters. The molecule has 0 saturated carbocycles. The number of hydrogen-bond donors (Lipinski definition) is 1. The lowest BCUT2D eigenvalue weighted by molar-refractivity contribution is 0.581. The van der Waals surface area contributed by atoms with Gasteiger partial charge in [0.05, 0.1) is 5.69 Å².